The van der Waals surface area contributed by atoms with Crippen LogP contribution < -0.4 is 16.0 Å². The molecule has 1 unspecified atom stereocenters. The summed E-state index contributed by atoms with van der Waals surface area (Å²) in [5, 5.41) is 22.0. The highest BCUT2D eigenvalue weighted by molar-refractivity contribution is 7.09. The summed E-state index contributed by atoms with van der Waals surface area (Å²) in [4.78, 5) is 14.8. The van der Waals surface area contributed by atoms with E-state index in [1.54, 1.807) is 11.3 Å². The van der Waals surface area contributed by atoms with Gasteiger partial charge in [0.1, 0.15) is 5.82 Å². The normalized spacial score (nSPS) is 17.9. The molecule has 0 aliphatic carbocycles. The fraction of sp³-hybridized carbons (Fsp3) is 0.387. The van der Waals surface area contributed by atoms with Gasteiger partial charge in [-0.1, -0.05) is 54.6 Å². The van der Waals surface area contributed by atoms with Crippen molar-refractivity contribution in [1.82, 2.24) is 25.4 Å². The topological polar surface area (TPSA) is 83.9 Å². The average Bonchev–Trinajstić information content (AvgIpc) is 3.74. The quantitative estimate of drug-likeness (QED) is 0.266. The third kappa shape index (κ3) is 6.07. The van der Waals surface area contributed by atoms with Gasteiger partial charge in [-0.05, 0) is 67.4 Å². The molecule has 0 spiro atoms. The smallest absolute Gasteiger partial charge is 0.223 e. The number of hydrogen-bond acceptors (Lipinski definition) is 6. The van der Waals surface area contributed by atoms with Gasteiger partial charge in [-0.15, -0.1) is 21.5 Å². The second-order valence-corrected chi connectivity index (χ2v) is 11.6. The highest BCUT2D eigenvalue weighted by Crippen LogP contribution is 2.37. The summed E-state index contributed by atoms with van der Waals surface area (Å²) in [6.07, 6.45) is 4.22. The van der Waals surface area contributed by atoms with Gasteiger partial charge in [-0.25, -0.2) is 0 Å². The number of fused-ring (bicyclic) bond motifs is 1. The van der Waals surface area contributed by atoms with Crippen LogP contribution in [-0.2, 0) is 24.2 Å². The lowest BCUT2D eigenvalue weighted by Gasteiger charge is -2.27. The minimum absolute atomic E-state index is 0.0361. The molecule has 4 heterocycles. The number of nitrogens with zero attached hydrogens (tertiary/aromatic N) is 3. The van der Waals surface area contributed by atoms with Crippen LogP contribution >= 0.6 is 11.3 Å². The van der Waals surface area contributed by atoms with Crippen molar-refractivity contribution in [2.24, 2.45) is 5.92 Å². The van der Waals surface area contributed by atoms with Crippen LogP contribution in [0.3, 0.4) is 0 Å². The van der Waals surface area contributed by atoms with Crippen LogP contribution in [0.2, 0.25) is 0 Å². The van der Waals surface area contributed by atoms with Crippen molar-refractivity contribution in [3.8, 4) is 0 Å². The van der Waals surface area contributed by atoms with E-state index in [1.807, 2.05) is 6.07 Å². The Hall–Kier alpha value is -3.49. The van der Waals surface area contributed by atoms with Crippen molar-refractivity contribution in [3.63, 3.8) is 0 Å². The van der Waals surface area contributed by atoms with Crippen LogP contribution in [-0.4, -0.2) is 40.3 Å². The maximum atomic E-state index is 13.5. The monoisotopic (exact) mass is 540 g/mol. The summed E-state index contributed by atoms with van der Waals surface area (Å²) in [6, 6.07) is 23.1. The lowest BCUT2D eigenvalue weighted by molar-refractivity contribution is -0.126. The molecule has 2 atom stereocenters. The number of thiophene rings is 1. The third-order valence-electron chi connectivity index (χ3n) is 8.03. The third-order valence-corrected chi connectivity index (χ3v) is 8.89. The molecule has 7 nitrogen and oxygen atoms in total. The Morgan fingerprint density at radius 1 is 1.00 bits per heavy atom. The molecule has 3 N–H and O–H groups in total. The van der Waals surface area contributed by atoms with Crippen LogP contribution in [0.25, 0.3) is 0 Å². The molecular formula is C31H36N6OS. The predicted molar refractivity (Wildman–Crippen MR) is 156 cm³/mol. The van der Waals surface area contributed by atoms with Crippen molar-refractivity contribution in [1.29, 1.82) is 0 Å². The Kier molecular flexibility index (Phi) is 8.02. The van der Waals surface area contributed by atoms with Gasteiger partial charge in [-0.3, -0.25) is 4.79 Å². The van der Waals surface area contributed by atoms with Crippen LogP contribution in [0.1, 0.15) is 58.9 Å². The molecule has 6 rings (SSSR count). The molecule has 8 heteroatoms. The number of anilines is 1. The van der Waals surface area contributed by atoms with Crippen LogP contribution in [0.15, 0.2) is 72.1 Å². The van der Waals surface area contributed by atoms with Gasteiger partial charge >= 0.3 is 0 Å². The van der Waals surface area contributed by atoms with Gasteiger partial charge in [0.15, 0.2) is 5.82 Å². The number of aryl methyl sites for hydroxylation is 2. The molecule has 4 aromatic rings. The molecule has 2 aliphatic heterocycles. The van der Waals surface area contributed by atoms with E-state index in [2.05, 4.69) is 86.6 Å². The van der Waals surface area contributed by atoms with Crippen molar-refractivity contribution >= 4 is 22.9 Å². The zero-order valence-corrected chi connectivity index (χ0v) is 23.0. The summed E-state index contributed by atoms with van der Waals surface area (Å²) in [5.41, 5.74) is 3.79. The van der Waals surface area contributed by atoms with Gasteiger partial charge in [0.05, 0.1) is 12.6 Å². The molecule has 0 bridgehead atoms. The Balaban J connectivity index is 1.31. The number of amides is 1. The summed E-state index contributed by atoms with van der Waals surface area (Å²) in [5.74, 6) is 2.29. The first-order valence-electron chi connectivity index (χ1n) is 14.1. The number of aromatic nitrogens is 3. The zero-order valence-electron chi connectivity index (χ0n) is 22.2. The second-order valence-electron chi connectivity index (χ2n) is 10.6. The van der Waals surface area contributed by atoms with Crippen molar-refractivity contribution in [2.75, 3.05) is 25.0 Å². The molecule has 1 saturated heterocycles. The molecule has 39 heavy (non-hydrogen) atoms. The fourth-order valence-electron chi connectivity index (χ4n) is 5.88. The number of para-hydroxylation sites is 1. The van der Waals surface area contributed by atoms with Gasteiger partial charge in [0, 0.05) is 35.4 Å². The molecule has 0 radical (unpaired) electrons. The number of hydrogen-bond donors (Lipinski definition) is 3. The summed E-state index contributed by atoms with van der Waals surface area (Å²) < 4.78 is 2.26. The van der Waals surface area contributed by atoms with Gasteiger partial charge in [-0.2, -0.15) is 0 Å². The summed E-state index contributed by atoms with van der Waals surface area (Å²) in [6.45, 7) is 3.35. The van der Waals surface area contributed by atoms with Crippen LogP contribution in [0, 0.1) is 5.92 Å². The summed E-state index contributed by atoms with van der Waals surface area (Å²) in [7, 11) is 0. The van der Waals surface area contributed by atoms with E-state index in [0.717, 1.165) is 63.4 Å². The van der Waals surface area contributed by atoms with E-state index in [9.17, 15) is 4.79 Å². The number of carbonyl (C=O) groups is 1. The Labute approximate surface area is 234 Å². The summed E-state index contributed by atoms with van der Waals surface area (Å²) >= 11 is 1.74. The first-order valence-corrected chi connectivity index (χ1v) is 14.9. The van der Waals surface area contributed by atoms with Gasteiger partial charge in [0.25, 0.3) is 0 Å². The maximum absolute atomic E-state index is 13.5. The highest BCUT2D eigenvalue weighted by Gasteiger charge is 2.32. The van der Waals surface area contributed by atoms with Crippen molar-refractivity contribution in [3.05, 3.63) is 99.8 Å². The van der Waals surface area contributed by atoms with Gasteiger partial charge < -0.3 is 20.5 Å². The molecular weight excluding hydrogens is 504 g/mol. The molecule has 2 aromatic heterocycles. The lowest BCUT2D eigenvalue weighted by Crippen LogP contribution is -2.40. The SMILES string of the molecule is O=C(N[C@H](CC1CNc2ccccc21)c1nnc(CCc2ccccc2)n1Cc1cccs1)C1CCNCC1. The number of piperidine rings is 1. The molecule has 1 amide bonds. The Bertz CT molecular complexity index is 1360. The maximum Gasteiger partial charge on any atom is 0.223 e. The van der Waals surface area contributed by atoms with Crippen LogP contribution in [0.4, 0.5) is 5.69 Å². The van der Waals surface area contributed by atoms with Gasteiger partial charge in [0.2, 0.25) is 5.91 Å². The Morgan fingerprint density at radius 3 is 2.64 bits per heavy atom. The van der Waals surface area contributed by atoms with E-state index in [-0.39, 0.29) is 17.9 Å². The standard InChI is InChI=1S/C31H36N6OS/c38-31(23-14-16-32-17-15-23)34-28(19-24-20-33-27-11-5-4-10-26(24)27)30-36-35-29(13-12-22-7-2-1-3-8-22)37(30)21-25-9-6-18-39-25/h1-11,18,23-24,28,32-33H,12-17,19-21H2,(H,34,38)/t24?,28-/m1/s1. The largest absolute Gasteiger partial charge is 0.384 e. The Morgan fingerprint density at radius 2 is 1.82 bits per heavy atom. The second kappa shape index (κ2) is 12.1. The number of rotatable bonds is 10. The molecule has 2 aromatic carbocycles. The van der Waals surface area contributed by atoms with E-state index in [1.165, 1.54) is 21.7 Å². The minimum Gasteiger partial charge on any atom is -0.384 e. The fourth-order valence-corrected chi connectivity index (χ4v) is 6.57. The van der Waals surface area contributed by atoms with Crippen molar-refractivity contribution in [2.45, 2.75) is 50.6 Å². The number of benzene rings is 2. The van der Waals surface area contributed by atoms with Crippen LogP contribution in [0.5, 0.6) is 0 Å². The zero-order chi connectivity index (χ0) is 26.4. The first-order chi connectivity index (χ1) is 19.2. The van der Waals surface area contributed by atoms with E-state index in [0.29, 0.717) is 12.5 Å². The van der Waals surface area contributed by atoms with E-state index in [4.69, 9.17) is 10.2 Å². The highest BCUT2D eigenvalue weighted by atomic mass is 32.1. The molecule has 2 aliphatic rings. The van der Waals surface area contributed by atoms with E-state index >= 15 is 0 Å². The first kappa shape index (κ1) is 25.8. The average molecular weight is 541 g/mol. The minimum atomic E-state index is -0.219. The van der Waals surface area contributed by atoms with E-state index < -0.39 is 0 Å². The number of carbonyl (C=O) groups excluding carboxylic acids is 1. The molecule has 1 fully saturated rings. The molecule has 0 saturated carbocycles. The lowest BCUT2D eigenvalue weighted by atomic mass is 9.92. The number of nitrogens with one attached hydrogen (secondary N) is 3. The molecule has 202 valence electrons. The van der Waals surface area contributed by atoms with Crippen molar-refractivity contribution < 1.29 is 4.79 Å². The predicted octanol–water partition coefficient (Wildman–Crippen LogP) is 4.93.